The first-order valence-corrected chi connectivity index (χ1v) is 8.13. The fraction of sp³-hybridized carbons (Fsp3) is 0.467. The lowest BCUT2D eigenvalue weighted by molar-refractivity contribution is 0.294. The van der Waals surface area contributed by atoms with Gasteiger partial charge in [-0.3, -0.25) is 0 Å². The highest BCUT2D eigenvalue weighted by atomic mass is 32.2. The Morgan fingerprint density at radius 2 is 2.19 bits per heavy atom. The summed E-state index contributed by atoms with van der Waals surface area (Å²) in [5.41, 5.74) is 0. The molecule has 2 atom stereocenters. The predicted molar refractivity (Wildman–Crippen MR) is 79.7 cm³/mol. The number of benzene rings is 1. The molecule has 0 radical (unpaired) electrons. The molecular weight excluding hydrogens is 289 g/mol. The maximum atomic E-state index is 12.8. The van der Waals surface area contributed by atoms with Crippen molar-refractivity contribution in [2.45, 2.75) is 42.4 Å². The van der Waals surface area contributed by atoms with E-state index in [9.17, 15) is 4.39 Å². The molecule has 1 aliphatic heterocycles. The summed E-state index contributed by atoms with van der Waals surface area (Å²) in [6.07, 6.45) is 2.07. The Morgan fingerprint density at radius 3 is 2.95 bits per heavy atom. The number of thioether (sulfide) groups is 1. The minimum Gasteiger partial charge on any atom is -0.339 e. The van der Waals surface area contributed by atoms with Gasteiger partial charge in [0.05, 0.1) is 5.75 Å². The third-order valence-corrected chi connectivity index (χ3v) is 4.65. The second-order valence-corrected chi connectivity index (χ2v) is 6.42. The molecule has 2 heterocycles. The highest BCUT2D eigenvalue weighted by Crippen LogP contribution is 2.27. The van der Waals surface area contributed by atoms with Crippen LogP contribution in [-0.4, -0.2) is 22.7 Å². The van der Waals surface area contributed by atoms with E-state index >= 15 is 0 Å². The van der Waals surface area contributed by atoms with Gasteiger partial charge in [-0.1, -0.05) is 5.16 Å². The number of piperidine rings is 1. The van der Waals surface area contributed by atoms with Crippen LogP contribution in [0.2, 0.25) is 0 Å². The number of hydrogen-bond acceptors (Lipinski definition) is 5. The zero-order valence-corrected chi connectivity index (χ0v) is 12.7. The molecule has 0 amide bonds. The molecule has 1 saturated heterocycles. The lowest BCUT2D eigenvalue weighted by atomic mass is 9.93. The van der Waals surface area contributed by atoms with Crippen molar-refractivity contribution in [3.8, 4) is 0 Å². The summed E-state index contributed by atoms with van der Waals surface area (Å²) in [6.45, 7) is 3.17. The van der Waals surface area contributed by atoms with Gasteiger partial charge < -0.3 is 9.84 Å². The Morgan fingerprint density at radius 1 is 1.38 bits per heavy atom. The highest BCUT2D eigenvalue weighted by molar-refractivity contribution is 7.98. The maximum absolute atomic E-state index is 12.8. The number of nitrogens with zero attached hydrogens (tertiary/aromatic N) is 2. The van der Waals surface area contributed by atoms with Gasteiger partial charge in [0, 0.05) is 16.9 Å². The molecule has 3 rings (SSSR count). The standard InChI is InChI=1S/C15H18FN3OS/c1-10-8-11(6-7-17-10)15-18-14(19-20-15)9-21-13-4-2-12(16)3-5-13/h2-5,10-11,17H,6-9H2,1H3. The van der Waals surface area contributed by atoms with Crippen LogP contribution < -0.4 is 5.32 Å². The van der Waals surface area contributed by atoms with Gasteiger partial charge in [0.1, 0.15) is 5.82 Å². The average molecular weight is 307 g/mol. The number of hydrogen-bond donors (Lipinski definition) is 1. The molecule has 1 aromatic carbocycles. The summed E-state index contributed by atoms with van der Waals surface area (Å²) in [5, 5.41) is 7.46. The molecule has 112 valence electrons. The van der Waals surface area contributed by atoms with Gasteiger partial charge >= 0.3 is 0 Å². The molecule has 2 aromatic rings. The van der Waals surface area contributed by atoms with Gasteiger partial charge in [-0.05, 0) is 50.6 Å². The summed E-state index contributed by atoms with van der Waals surface area (Å²) in [7, 11) is 0. The Labute approximate surface area is 127 Å². The summed E-state index contributed by atoms with van der Waals surface area (Å²) in [6, 6.07) is 6.93. The molecule has 0 saturated carbocycles. The molecule has 21 heavy (non-hydrogen) atoms. The van der Waals surface area contributed by atoms with E-state index in [2.05, 4.69) is 22.4 Å². The minimum absolute atomic E-state index is 0.221. The first kappa shape index (κ1) is 14.5. The lowest BCUT2D eigenvalue weighted by Crippen LogP contribution is -2.34. The van der Waals surface area contributed by atoms with Crippen molar-refractivity contribution in [2.24, 2.45) is 0 Å². The second-order valence-electron chi connectivity index (χ2n) is 5.37. The fourth-order valence-electron chi connectivity index (χ4n) is 2.53. The molecular formula is C15H18FN3OS. The fourth-order valence-corrected chi connectivity index (χ4v) is 3.27. The van der Waals surface area contributed by atoms with Crippen LogP contribution in [0.5, 0.6) is 0 Å². The zero-order valence-electron chi connectivity index (χ0n) is 11.9. The van der Waals surface area contributed by atoms with E-state index in [1.54, 1.807) is 23.9 Å². The predicted octanol–water partition coefficient (Wildman–Crippen LogP) is 3.36. The van der Waals surface area contributed by atoms with Crippen molar-refractivity contribution in [1.82, 2.24) is 15.5 Å². The van der Waals surface area contributed by atoms with Crippen LogP contribution in [0, 0.1) is 5.82 Å². The third kappa shape index (κ3) is 3.83. The Kier molecular flexibility index (Phi) is 4.55. The van der Waals surface area contributed by atoms with Gasteiger partial charge in [-0.25, -0.2) is 4.39 Å². The smallest absolute Gasteiger partial charge is 0.229 e. The summed E-state index contributed by atoms with van der Waals surface area (Å²) >= 11 is 1.58. The third-order valence-electron chi connectivity index (χ3n) is 3.64. The first-order valence-electron chi connectivity index (χ1n) is 7.15. The molecule has 1 aliphatic rings. The average Bonchev–Trinajstić information content (AvgIpc) is 2.96. The van der Waals surface area contributed by atoms with Crippen molar-refractivity contribution < 1.29 is 8.91 Å². The van der Waals surface area contributed by atoms with Crippen molar-refractivity contribution in [3.63, 3.8) is 0 Å². The Balaban J connectivity index is 1.58. The van der Waals surface area contributed by atoms with Crippen LogP contribution in [-0.2, 0) is 5.75 Å². The molecule has 1 N–H and O–H groups in total. The molecule has 1 aromatic heterocycles. The molecule has 0 aliphatic carbocycles. The minimum atomic E-state index is -0.221. The van der Waals surface area contributed by atoms with Gasteiger partial charge in [-0.15, -0.1) is 11.8 Å². The summed E-state index contributed by atoms with van der Waals surface area (Å²) in [4.78, 5) is 5.50. The van der Waals surface area contributed by atoms with Crippen molar-refractivity contribution in [3.05, 3.63) is 41.8 Å². The van der Waals surface area contributed by atoms with E-state index in [1.165, 1.54) is 12.1 Å². The molecule has 2 unspecified atom stereocenters. The number of aromatic nitrogens is 2. The molecule has 4 nitrogen and oxygen atoms in total. The van der Waals surface area contributed by atoms with Crippen LogP contribution in [0.15, 0.2) is 33.7 Å². The van der Waals surface area contributed by atoms with Crippen molar-refractivity contribution in [2.75, 3.05) is 6.54 Å². The van der Waals surface area contributed by atoms with Crippen LogP contribution in [0.25, 0.3) is 0 Å². The van der Waals surface area contributed by atoms with E-state index in [-0.39, 0.29) is 5.82 Å². The normalized spacial score (nSPS) is 22.4. The highest BCUT2D eigenvalue weighted by Gasteiger charge is 2.24. The molecule has 6 heteroatoms. The van der Waals surface area contributed by atoms with Gasteiger partial charge in [0.25, 0.3) is 0 Å². The van der Waals surface area contributed by atoms with E-state index in [1.807, 2.05) is 0 Å². The summed E-state index contributed by atoms with van der Waals surface area (Å²) < 4.78 is 18.2. The van der Waals surface area contributed by atoms with Crippen molar-refractivity contribution in [1.29, 1.82) is 0 Å². The van der Waals surface area contributed by atoms with E-state index < -0.39 is 0 Å². The van der Waals surface area contributed by atoms with Crippen LogP contribution in [0.4, 0.5) is 4.39 Å². The van der Waals surface area contributed by atoms with Crippen molar-refractivity contribution >= 4 is 11.8 Å². The Hall–Kier alpha value is -1.40. The first-order chi connectivity index (χ1) is 10.2. The van der Waals surface area contributed by atoms with E-state index in [0.29, 0.717) is 23.5 Å². The zero-order chi connectivity index (χ0) is 14.7. The second kappa shape index (κ2) is 6.58. The monoisotopic (exact) mass is 307 g/mol. The molecule has 0 spiro atoms. The van der Waals surface area contributed by atoms with Gasteiger partial charge in [0.15, 0.2) is 5.82 Å². The quantitative estimate of drug-likeness (QED) is 0.878. The van der Waals surface area contributed by atoms with Gasteiger partial charge in [-0.2, -0.15) is 4.98 Å². The SMILES string of the molecule is CC1CC(c2nc(CSc3ccc(F)cc3)no2)CCN1. The molecule has 0 bridgehead atoms. The lowest BCUT2D eigenvalue weighted by Gasteiger charge is -2.25. The maximum Gasteiger partial charge on any atom is 0.229 e. The van der Waals surface area contributed by atoms with E-state index in [4.69, 9.17) is 4.52 Å². The van der Waals surface area contributed by atoms with Crippen LogP contribution >= 0.6 is 11.8 Å². The number of halogens is 1. The van der Waals surface area contributed by atoms with Crippen LogP contribution in [0.3, 0.4) is 0 Å². The number of rotatable bonds is 4. The number of nitrogens with one attached hydrogen (secondary N) is 1. The molecule has 1 fully saturated rings. The Bertz CT molecular complexity index is 587. The van der Waals surface area contributed by atoms with E-state index in [0.717, 1.165) is 30.2 Å². The summed E-state index contributed by atoms with van der Waals surface area (Å²) in [5.74, 6) is 2.22. The topological polar surface area (TPSA) is 51.0 Å². The van der Waals surface area contributed by atoms with Crippen LogP contribution in [0.1, 0.15) is 37.4 Å². The largest absolute Gasteiger partial charge is 0.339 e. The van der Waals surface area contributed by atoms with Gasteiger partial charge in [0.2, 0.25) is 5.89 Å².